The zero-order valence-electron chi connectivity index (χ0n) is 12.1. The lowest BCUT2D eigenvalue weighted by atomic mass is 9.97. The van der Waals surface area contributed by atoms with Gasteiger partial charge in [-0.1, -0.05) is 0 Å². The fraction of sp³-hybridized carbons (Fsp3) is 0.571. The predicted octanol–water partition coefficient (Wildman–Crippen LogP) is 1.25. The van der Waals surface area contributed by atoms with E-state index in [1.54, 1.807) is 0 Å². The molecule has 0 spiro atoms. The Kier molecular flexibility index (Phi) is 2.74. The Balaban J connectivity index is 2.16. The summed E-state index contributed by atoms with van der Waals surface area (Å²) in [6.07, 6.45) is 2.97. The second-order valence-corrected chi connectivity index (χ2v) is 5.56. The Hall–Kier alpha value is -1.62. The highest BCUT2D eigenvalue weighted by Gasteiger charge is 2.25. The van der Waals surface area contributed by atoms with Gasteiger partial charge in [0.05, 0.1) is 17.0 Å². The SMILES string of the molecule is Cc1nn(C)c(C)c1-c1nc2c(n1C)CCC(N)C2. The second kappa shape index (κ2) is 4.20. The van der Waals surface area contributed by atoms with Gasteiger partial charge in [-0.25, -0.2) is 4.98 Å². The van der Waals surface area contributed by atoms with E-state index in [1.165, 1.54) is 11.4 Å². The first kappa shape index (κ1) is 12.4. The molecular weight excluding hydrogens is 238 g/mol. The lowest BCUT2D eigenvalue weighted by Crippen LogP contribution is -2.28. The van der Waals surface area contributed by atoms with Crippen molar-refractivity contribution in [2.45, 2.75) is 39.2 Å². The van der Waals surface area contributed by atoms with Gasteiger partial charge in [0.1, 0.15) is 5.82 Å². The minimum absolute atomic E-state index is 0.256. The molecule has 0 amide bonds. The Labute approximate surface area is 113 Å². The van der Waals surface area contributed by atoms with Crippen LogP contribution in [0, 0.1) is 13.8 Å². The lowest BCUT2D eigenvalue weighted by Gasteiger charge is -2.17. The topological polar surface area (TPSA) is 61.7 Å². The third kappa shape index (κ3) is 1.80. The molecule has 0 aromatic carbocycles. The molecule has 2 heterocycles. The van der Waals surface area contributed by atoms with Crippen LogP contribution in [0.5, 0.6) is 0 Å². The molecule has 0 aliphatic heterocycles. The molecule has 2 aromatic heterocycles. The lowest BCUT2D eigenvalue weighted by molar-refractivity contribution is 0.554. The third-order valence-electron chi connectivity index (χ3n) is 4.24. The molecule has 0 fully saturated rings. The van der Waals surface area contributed by atoms with Gasteiger partial charge in [-0.15, -0.1) is 0 Å². The molecule has 0 saturated heterocycles. The van der Waals surface area contributed by atoms with E-state index in [1.807, 2.05) is 18.7 Å². The summed E-state index contributed by atoms with van der Waals surface area (Å²) in [6, 6.07) is 0.256. The van der Waals surface area contributed by atoms with Gasteiger partial charge >= 0.3 is 0 Å². The second-order valence-electron chi connectivity index (χ2n) is 5.56. The van der Waals surface area contributed by atoms with Crippen molar-refractivity contribution >= 4 is 0 Å². The maximum Gasteiger partial charge on any atom is 0.143 e. The third-order valence-corrected chi connectivity index (χ3v) is 4.24. The average molecular weight is 259 g/mol. The van der Waals surface area contributed by atoms with Crippen LogP contribution in [0.25, 0.3) is 11.4 Å². The number of fused-ring (bicyclic) bond motifs is 1. The molecular formula is C14H21N5. The zero-order chi connectivity index (χ0) is 13.7. The van der Waals surface area contributed by atoms with Crippen molar-refractivity contribution in [1.29, 1.82) is 0 Å². The van der Waals surface area contributed by atoms with Gasteiger partial charge in [-0.2, -0.15) is 5.10 Å². The van der Waals surface area contributed by atoms with E-state index in [2.05, 4.69) is 23.6 Å². The van der Waals surface area contributed by atoms with E-state index in [0.717, 1.165) is 42.0 Å². The van der Waals surface area contributed by atoms with Crippen molar-refractivity contribution in [3.8, 4) is 11.4 Å². The van der Waals surface area contributed by atoms with E-state index in [-0.39, 0.29) is 6.04 Å². The number of nitrogens with two attached hydrogens (primary N) is 1. The highest BCUT2D eigenvalue weighted by Crippen LogP contribution is 2.30. The summed E-state index contributed by atoms with van der Waals surface area (Å²) in [5, 5.41) is 4.49. The number of nitrogens with zero attached hydrogens (tertiary/aromatic N) is 4. The van der Waals surface area contributed by atoms with Crippen LogP contribution in [0.1, 0.15) is 29.2 Å². The van der Waals surface area contributed by atoms with Crippen LogP contribution in [0.3, 0.4) is 0 Å². The number of hydrogen-bond acceptors (Lipinski definition) is 3. The van der Waals surface area contributed by atoms with Gasteiger partial charge in [-0.3, -0.25) is 4.68 Å². The van der Waals surface area contributed by atoms with Crippen LogP contribution in [-0.4, -0.2) is 25.4 Å². The summed E-state index contributed by atoms with van der Waals surface area (Å²) in [5.41, 5.74) is 11.9. The molecule has 3 rings (SSSR count). The average Bonchev–Trinajstić information content (AvgIpc) is 2.78. The Morgan fingerprint density at radius 2 is 2.00 bits per heavy atom. The normalized spacial score (nSPS) is 18.7. The van der Waals surface area contributed by atoms with Crippen molar-refractivity contribution in [2.75, 3.05) is 0 Å². The number of hydrogen-bond donors (Lipinski definition) is 1. The summed E-state index contributed by atoms with van der Waals surface area (Å²) in [6.45, 7) is 4.14. The number of imidazole rings is 1. The Morgan fingerprint density at radius 3 is 2.63 bits per heavy atom. The smallest absolute Gasteiger partial charge is 0.143 e. The summed E-state index contributed by atoms with van der Waals surface area (Å²) in [4.78, 5) is 4.84. The fourth-order valence-electron chi connectivity index (χ4n) is 3.06. The summed E-state index contributed by atoms with van der Waals surface area (Å²) >= 11 is 0. The quantitative estimate of drug-likeness (QED) is 0.838. The largest absolute Gasteiger partial charge is 0.331 e. The molecule has 0 bridgehead atoms. The maximum atomic E-state index is 6.05. The van der Waals surface area contributed by atoms with Crippen LogP contribution in [-0.2, 0) is 26.9 Å². The first-order valence-corrected chi connectivity index (χ1v) is 6.79. The van der Waals surface area contributed by atoms with E-state index in [0.29, 0.717) is 0 Å². The molecule has 0 radical (unpaired) electrons. The Bertz CT molecular complexity index is 635. The number of aromatic nitrogens is 4. The van der Waals surface area contributed by atoms with E-state index in [9.17, 15) is 0 Å². The summed E-state index contributed by atoms with van der Waals surface area (Å²) in [5.74, 6) is 1.03. The van der Waals surface area contributed by atoms with Crippen LogP contribution in [0.2, 0.25) is 0 Å². The minimum atomic E-state index is 0.256. The highest BCUT2D eigenvalue weighted by atomic mass is 15.3. The zero-order valence-corrected chi connectivity index (χ0v) is 12.1. The van der Waals surface area contributed by atoms with E-state index in [4.69, 9.17) is 10.7 Å². The standard InChI is InChI=1S/C14H21N5/c1-8-13(9(2)19(4)17-8)14-16-11-7-10(15)5-6-12(11)18(14)3/h10H,5-7,15H2,1-4H3. The highest BCUT2D eigenvalue weighted by molar-refractivity contribution is 5.63. The first-order valence-electron chi connectivity index (χ1n) is 6.79. The molecule has 102 valence electrons. The van der Waals surface area contributed by atoms with Crippen molar-refractivity contribution < 1.29 is 0 Å². The molecule has 2 N–H and O–H groups in total. The maximum absolute atomic E-state index is 6.05. The molecule has 1 unspecified atom stereocenters. The van der Waals surface area contributed by atoms with Gasteiger partial charge in [0.15, 0.2) is 0 Å². The first-order chi connectivity index (χ1) is 8.99. The van der Waals surface area contributed by atoms with Crippen molar-refractivity contribution in [2.24, 2.45) is 19.8 Å². The van der Waals surface area contributed by atoms with Crippen LogP contribution in [0.15, 0.2) is 0 Å². The van der Waals surface area contributed by atoms with Crippen LogP contribution in [0.4, 0.5) is 0 Å². The molecule has 0 saturated carbocycles. The van der Waals surface area contributed by atoms with Gasteiger partial charge in [-0.05, 0) is 26.7 Å². The summed E-state index contributed by atoms with van der Waals surface area (Å²) in [7, 11) is 4.08. The Morgan fingerprint density at radius 1 is 1.26 bits per heavy atom. The molecule has 1 atom stereocenters. The van der Waals surface area contributed by atoms with Crippen molar-refractivity contribution in [3.63, 3.8) is 0 Å². The minimum Gasteiger partial charge on any atom is -0.331 e. The van der Waals surface area contributed by atoms with E-state index >= 15 is 0 Å². The van der Waals surface area contributed by atoms with Gasteiger partial charge in [0, 0.05) is 37.9 Å². The van der Waals surface area contributed by atoms with Gasteiger partial charge in [0.2, 0.25) is 0 Å². The van der Waals surface area contributed by atoms with Crippen LogP contribution >= 0.6 is 0 Å². The molecule has 5 nitrogen and oxygen atoms in total. The number of aryl methyl sites for hydroxylation is 2. The molecule has 2 aromatic rings. The van der Waals surface area contributed by atoms with Gasteiger partial charge < -0.3 is 10.3 Å². The van der Waals surface area contributed by atoms with E-state index < -0.39 is 0 Å². The van der Waals surface area contributed by atoms with Crippen LogP contribution < -0.4 is 5.73 Å². The van der Waals surface area contributed by atoms with Crippen molar-refractivity contribution in [1.82, 2.24) is 19.3 Å². The fourth-order valence-corrected chi connectivity index (χ4v) is 3.06. The predicted molar refractivity (Wildman–Crippen MR) is 74.9 cm³/mol. The molecule has 5 heteroatoms. The summed E-state index contributed by atoms with van der Waals surface area (Å²) < 4.78 is 4.14. The molecule has 19 heavy (non-hydrogen) atoms. The monoisotopic (exact) mass is 259 g/mol. The number of rotatable bonds is 1. The van der Waals surface area contributed by atoms with Gasteiger partial charge in [0.25, 0.3) is 0 Å². The van der Waals surface area contributed by atoms with Crippen molar-refractivity contribution in [3.05, 3.63) is 22.8 Å². The molecule has 1 aliphatic carbocycles. The molecule has 1 aliphatic rings.